The molecular weight excluding hydrogens is 1110 g/mol. The molecule has 4 heterocycles. The number of aliphatic hydroxyl groups excluding tert-OH is 2. The lowest BCUT2D eigenvalue weighted by Gasteiger charge is -2.28. The summed E-state index contributed by atoms with van der Waals surface area (Å²) in [7, 11) is 0. The average Bonchev–Trinajstić information content (AvgIpc) is 2.70. The summed E-state index contributed by atoms with van der Waals surface area (Å²) in [5.41, 5.74) is 17.0. The molecule has 0 aliphatic rings. The van der Waals surface area contributed by atoms with E-state index in [0.717, 1.165) is 79.1 Å². The predicted molar refractivity (Wildman–Crippen MR) is 336 cm³/mol. The summed E-state index contributed by atoms with van der Waals surface area (Å²) in [5.74, 6) is -0.0218. The highest BCUT2D eigenvalue weighted by molar-refractivity contribution is 6.11. The van der Waals surface area contributed by atoms with Crippen LogP contribution in [-0.4, -0.2) is 114 Å². The topological polar surface area (TPSA) is 320 Å². The molecule has 87 heavy (non-hydrogen) atoms. The first-order valence-corrected chi connectivity index (χ1v) is 27.5. The normalized spacial score (nSPS) is 12.1. The number of nitrogens with zero attached hydrogens (tertiary/aromatic N) is 2. The second kappa shape index (κ2) is 29.6. The molecule has 0 unspecified atom stereocenters. The van der Waals surface area contributed by atoms with Crippen LogP contribution >= 0.6 is 0 Å². The van der Waals surface area contributed by atoms with Crippen molar-refractivity contribution in [1.29, 1.82) is 0 Å². The Kier molecular flexibility index (Phi) is 21.9. The van der Waals surface area contributed by atoms with E-state index >= 15 is 0 Å². The number of amides is 2. The number of hydrogen-bond acceptors (Lipinski definition) is 14. The summed E-state index contributed by atoms with van der Waals surface area (Å²) < 4.78 is 23.6. The van der Waals surface area contributed by atoms with Crippen LogP contribution in [0.5, 0.6) is 34.8 Å². The maximum Gasteiger partial charge on any atom is 0.328 e. The number of H-pyrrole nitrogens is 2. The Bertz CT molecular complexity index is 3700. The van der Waals surface area contributed by atoms with E-state index in [9.17, 15) is 29.4 Å². The van der Waals surface area contributed by atoms with Crippen molar-refractivity contribution in [3.05, 3.63) is 205 Å². The average molecular weight is 1180 g/mol. The molecule has 10 aromatic rings. The smallest absolute Gasteiger partial charge is 0.328 e. The van der Waals surface area contributed by atoms with Gasteiger partial charge in [-0.1, -0.05) is 80.2 Å². The summed E-state index contributed by atoms with van der Waals surface area (Å²) in [6.07, 6.45) is 4.06. The molecule has 12 N–H and O–H groups in total. The number of aliphatic hydroxyl groups is 2. The molecule has 0 radical (unpaired) electrons. The first-order valence-electron chi connectivity index (χ1n) is 27.5. The number of nitrogens with one attached hydrogen (secondary N) is 4. The number of fused-ring (bicyclic) bond motifs is 6. The number of β-amino-alcohol motifs (C(OH)–C–C–N with tert-alkyl or cyclic N) is 2. The highest BCUT2D eigenvalue weighted by atomic mass is 16.5. The summed E-state index contributed by atoms with van der Waals surface area (Å²) in [5, 5.41) is 48.1. The van der Waals surface area contributed by atoms with Gasteiger partial charge in [-0.2, -0.15) is 0 Å². The minimum absolute atomic E-state index is 0. The summed E-state index contributed by atoms with van der Waals surface area (Å²) in [6, 6.07) is 50.0. The number of carbonyl (C=O) groups is 4. The van der Waals surface area contributed by atoms with E-state index in [1.54, 1.807) is 24.3 Å². The lowest BCUT2D eigenvalue weighted by atomic mass is 9.94. The van der Waals surface area contributed by atoms with Crippen molar-refractivity contribution in [1.82, 2.24) is 30.6 Å². The van der Waals surface area contributed by atoms with Crippen molar-refractivity contribution >= 4 is 67.4 Å². The number of ether oxygens (including phenoxy) is 4. The van der Waals surface area contributed by atoms with E-state index in [0.29, 0.717) is 59.6 Å². The van der Waals surface area contributed by atoms with Crippen LogP contribution in [0.25, 0.3) is 43.6 Å². The number of carboxylic acids is 2. The van der Waals surface area contributed by atoms with Gasteiger partial charge < -0.3 is 71.4 Å². The Hall–Kier alpha value is -10.1. The summed E-state index contributed by atoms with van der Waals surface area (Å²) >= 11 is 0. The fourth-order valence-corrected chi connectivity index (χ4v) is 9.31. The first-order chi connectivity index (χ1) is 41.2. The number of aliphatic carboxylic acids is 2. The molecule has 0 bridgehead atoms. The number of aromatic amines is 2. The monoisotopic (exact) mass is 1180 g/mol. The molecule has 2 atom stereocenters. The standard InChI is InChI=1S/2C31H32N4O4.C4H4O4.CH4/c2*1-31(2,16-20-10-13-23(14-11-20)39-28-15-12-21(17-33-28)30(32)37)34-18-22(36)19-38-27-9-5-8-26-29(27)24-6-3-4-7-25(24)35-26;5-3(6)1-2-4(7)8;/h2*3-15,17,22,34-36H,16,18-19H2,1-2H3,(H2,32,37);1-2H,(H,5,6)(H,7,8);1H4/b;;2-1+;/t2*22-;;/m00../s1. The van der Waals surface area contributed by atoms with Crippen LogP contribution in [-0.2, 0) is 22.4 Å². The number of rotatable bonds is 24. The van der Waals surface area contributed by atoms with Gasteiger partial charge in [0, 0.05) is 93.4 Å². The van der Waals surface area contributed by atoms with Gasteiger partial charge in [0.05, 0.1) is 22.2 Å². The Labute approximate surface area is 502 Å². The molecule has 452 valence electrons. The molecule has 10 rings (SSSR count). The molecule has 0 aliphatic carbocycles. The maximum absolute atomic E-state index is 11.2. The van der Waals surface area contributed by atoms with E-state index in [4.69, 9.17) is 40.6 Å². The minimum atomic E-state index is -1.26. The highest BCUT2D eigenvalue weighted by Gasteiger charge is 2.22. The van der Waals surface area contributed by atoms with Crippen LogP contribution in [0.1, 0.15) is 67.0 Å². The maximum atomic E-state index is 11.2. The van der Waals surface area contributed by atoms with Crippen LogP contribution in [0.15, 0.2) is 182 Å². The number of para-hydroxylation sites is 2. The van der Waals surface area contributed by atoms with Gasteiger partial charge in [0.15, 0.2) is 0 Å². The predicted octanol–water partition coefficient (Wildman–Crippen LogP) is 10.3. The molecular formula is C67H72N8O12. The van der Waals surface area contributed by atoms with E-state index in [-0.39, 0.29) is 31.7 Å². The second-order valence-corrected chi connectivity index (χ2v) is 21.5. The second-order valence-electron chi connectivity index (χ2n) is 21.5. The Balaban J connectivity index is 0.000000219. The fourth-order valence-electron chi connectivity index (χ4n) is 9.31. The van der Waals surface area contributed by atoms with Crippen LogP contribution in [0, 0.1) is 0 Å². The van der Waals surface area contributed by atoms with Crippen LogP contribution in [0.3, 0.4) is 0 Å². The highest BCUT2D eigenvalue weighted by Crippen LogP contribution is 2.35. The number of pyridine rings is 2. The largest absolute Gasteiger partial charge is 0.490 e. The van der Waals surface area contributed by atoms with E-state index in [1.807, 2.05) is 121 Å². The molecule has 20 nitrogen and oxygen atoms in total. The fraction of sp³-hybridized carbons (Fsp3) is 0.224. The molecule has 4 aromatic heterocycles. The number of carboxylic acid groups (broad SMARTS) is 2. The van der Waals surface area contributed by atoms with Gasteiger partial charge in [-0.25, -0.2) is 19.6 Å². The van der Waals surface area contributed by atoms with Crippen LogP contribution in [0.4, 0.5) is 0 Å². The molecule has 0 aliphatic heterocycles. The third-order valence-corrected chi connectivity index (χ3v) is 13.5. The van der Waals surface area contributed by atoms with Gasteiger partial charge in [-0.3, -0.25) is 9.59 Å². The molecule has 0 spiro atoms. The van der Waals surface area contributed by atoms with Crippen LogP contribution in [0.2, 0.25) is 0 Å². The Morgan fingerprint density at radius 3 is 1.23 bits per heavy atom. The number of nitrogens with two attached hydrogens (primary N) is 2. The SMILES string of the molecule is C.CC(C)(Cc1ccc(Oc2ccc(C(N)=O)cn2)cc1)NC[C@H](O)COc1cccc2[nH]c3ccccc3c12.CC(C)(Cc1ccc(Oc2ccc(C(N)=O)cn2)cc1)NC[C@H](O)COc1cccc2[nH]c3ccccc3c12.O=C(O)/C=C/C(=O)O. The number of aromatic nitrogens is 4. The lowest BCUT2D eigenvalue weighted by Crippen LogP contribution is -2.46. The van der Waals surface area contributed by atoms with Gasteiger partial charge in [0.2, 0.25) is 23.6 Å². The zero-order valence-electron chi connectivity index (χ0n) is 47.8. The van der Waals surface area contributed by atoms with E-state index < -0.39 is 36.0 Å². The molecule has 20 heteroatoms. The van der Waals surface area contributed by atoms with Gasteiger partial charge in [0.25, 0.3) is 0 Å². The van der Waals surface area contributed by atoms with Gasteiger partial charge >= 0.3 is 11.9 Å². The molecule has 6 aromatic carbocycles. The summed E-state index contributed by atoms with van der Waals surface area (Å²) in [4.78, 5) is 56.5. The summed E-state index contributed by atoms with van der Waals surface area (Å²) in [6.45, 7) is 9.55. The molecule has 0 saturated heterocycles. The third kappa shape index (κ3) is 18.7. The molecule has 0 fully saturated rings. The number of primary amides is 2. The van der Waals surface area contributed by atoms with Crippen molar-refractivity contribution in [2.24, 2.45) is 11.5 Å². The minimum Gasteiger partial charge on any atom is -0.490 e. The van der Waals surface area contributed by atoms with Crippen molar-refractivity contribution in [2.75, 3.05) is 26.3 Å². The van der Waals surface area contributed by atoms with Gasteiger partial charge in [-0.15, -0.1) is 0 Å². The number of hydrogen-bond donors (Lipinski definition) is 10. The van der Waals surface area contributed by atoms with Crippen molar-refractivity contribution in [3.8, 4) is 34.8 Å². The van der Waals surface area contributed by atoms with Crippen molar-refractivity contribution in [3.63, 3.8) is 0 Å². The van der Waals surface area contributed by atoms with Crippen molar-refractivity contribution < 1.29 is 58.6 Å². The quantitative estimate of drug-likeness (QED) is 0.0251. The lowest BCUT2D eigenvalue weighted by molar-refractivity contribution is -0.134. The van der Waals surface area contributed by atoms with Crippen LogP contribution < -0.4 is 41.0 Å². The third-order valence-electron chi connectivity index (χ3n) is 13.5. The number of carbonyl (C=O) groups excluding carboxylic acids is 2. The van der Waals surface area contributed by atoms with E-state index in [2.05, 4.69) is 70.4 Å². The van der Waals surface area contributed by atoms with Gasteiger partial charge in [-0.05, 0) is 124 Å². The van der Waals surface area contributed by atoms with Crippen molar-refractivity contribution in [2.45, 2.75) is 71.2 Å². The number of benzene rings is 6. The molecule has 2 amide bonds. The zero-order valence-corrected chi connectivity index (χ0v) is 47.8. The van der Waals surface area contributed by atoms with E-state index in [1.165, 1.54) is 12.4 Å². The first kappa shape index (κ1) is 64.4. The zero-order chi connectivity index (χ0) is 61.4. The Morgan fingerprint density at radius 1 is 0.517 bits per heavy atom. The van der Waals surface area contributed by atoms with Gasteiger partial charge in [0.1, 0.15) is 48.4 Å². The molecule has 0 saturated carbocycles. The Morgan fingerprint density at radius 2 is 0.885 bits per heavy atom.